The van der Waals surface area contributed by atoms with Gasteiger partial charge in [-0.3, -0.25) is 0 Å². The molecule has 0 bridgehead atoms. The van der Waals surface area contributed by atoms with Crippen molar-refractivity contribution >= 4 is 11.8 Å². The fraction of sp³-hybridized carbons (Fsp3) is 0.455. The van der Waals surface area contributed by atoms with Crippen molar-refractivity contribution in [3.63, 3.8) is 0 Å². The van der Waals surface area contributed by atoms with Crippen LogP contribution in [0.3, 0.4) is 0 Å². The van der Waals surface area contributed by atoms with E-state index in [-0.39, 0.29) is 0 Å². The Bertz CT molecular complexity index is 253. The summed E-state index contributed by atoms with van der Waals surface area (Å²) in [4.78, 5) is 1.43. The molecular weight excluding hydrogens is 164 g/mol. The summed E-state index contributed by atoms with van der Waals surface area (Å²) in [6, 6.07) is 6.79. The molecule has 0 atom stereocenters. The van der Waals surface area contributed by atoms with Gasteiger partial charge in [0.1, 0.15) is 0 Å². The standard InChI is InChI=1S/C11H16S/c1-4-9-6-7-11(12-3)10(5-2)8-9/h6-8H,4-5H2,1-3H3. The molecule has 0 heterocycles. The molecule has 12 heavy (non-hydrogen) atoms. The van der Waals surface area contributed by atoms with Crippen molar-refractivity contribution in [2.24, 2.45) is 0 Å². The lowest BCUT2D eigenvalue weighted by atomic mass is 10.1. The first-order chi connectivity index (χ1) is 5.81. The van der Waals surface area contributed by atoms with Gasteiger partial charge in [0.2, 0.25) is 0 Å². The molecule has 1 rings (SSSR count). The van der Waals surface area contributed by atoms with E-state index in [1.54, 1.807) is 0 Å². The molecule has 0 spiro atoms. The molecular formula is C11H16S. The maximum Gasteiger partial charge on any atom is 0.0101 e. The molecule has 0 radical (unpaired) electrons. The summed E-state index contributed by atoms with van der Waals surface area (Å²) in [6.07, 6.45) is 4.42. The Balaban J connectivity index is 3.02. The lowest BCUT2D eigenvalue weighted by molar-refractivity contribution is 1.04. The highest BCUT2D eigenvalue weighted by Gasteiger charge is 1.99. The summed E-state index contributed by atoms with van der Waals surface area (Å²) in [6.45, 7) is 4.42. The number of hydrogen-bond acceptors (Lipinski definition) is 1. The van der Waals surface area contributed by atoms with Crippen LogP contribution in [-0.4, -0.2) is 6.26 Å². The van der Waals surface area contributed by atoms with E-state index in [1.165, 1.54) is 16.0 Å². The minimum atomic E-state index is 1.14. The van der Waals surface area contributed by atoms with E-state index < -0.39 is 0 Å². The second-order valence-corrected chi connectivity index (χ2v) is 3.70. The fourth-order valence-electron chi connectivity index (χ4n) is 1.33. The SMILES string of the molecule is CCc1ccc(SC)c(CC)c1. The van der Waals surface area contributed by atoms with E-state index in [2.05, 4.69) is 38.3 Å². The van der Waals surface area contributed by atoms with Crippen molar-refractivity contribution in [1.82, 2.24) is 0 Å². The van der Waals surface area contributed by atoms with Crippen LogP contribution >= 0.6 is 11.8 Å². The first-order valence-corrected chi connectivity index (χ1v) is 5.70. The van der Waals surface area contributed by atoms with Gasteiger partial charge in [-0.25, -0.2) is 0 Å². The molecule has 0 aromatic heterocycles. The molecule has 1 aromatic carbocycles. The summed E-state index contributed by atoms with van der Waals surface area (Å²) in [7, 11) is 0. The van der Waals surface area contributed by atoms with Crippen molar-refractivity contribution < 1.29 is 0 Å². The number of rotatable bonds is 3. The van der Waals surface area contributed by atoms with Crippen molar-refractivity contribution in [3.05, 3.63) is 29.3 Å². The summed E-state index contributed by atoms with van der Waals surface area (Å²) in [5.41, 5.74) is 2.94. The molecule has 0 fully saturated rings. The zero-order valence-corrected chi connectivity index (χ0v) is 8.87. The molecule has 0 aliphatic heterocycles. The molecule has 0 aliphatic rings. The molecule has 1 heteroatoms. The Kier molecular flexibility index (Phi) is 3.67. The van der Waals surface area contributed by atoms with Crippen LogP contribution in [0.15, 0.2) is 23.1 Å². The highest BCUT2D eigenvalue weighted by atomic mass is 32.2. The van der Waals surface area contributed by atoms with Gasteiger partial charge >= 0.3 is 0 Å². The second kappa shape index (κ2) is 4.56. The molecule has 66 valence electrons. The normalized spacial score (nSPS) is 10.2. The smallest absolute Gasteiger partial charge is 0.0101 e. The van der Waals surface area contributed by atoms with Gasteiger partial charge in [0.25, 0.3) is 0 Å². The van der Waals surface area contributed by atoms with E-state index in [0.29, 0.717) is 0 Å². The zero-order valence-electron chi connectivity index (χ0n) is 8.05. The summed E-state index contributed by atoms with van der Waals surface area (Å²) < 4.78 is 0. The zero-order chi connectivity index (χ0) is 8.97. The average Bonchev–Trinajstić information content (AvgIpc) is 2.16. The van der Waals surface area contributed by atoms with Crippen LogP contribution < -0.4 is 0 Å². The first-order valence-electron chi connectivity index (χ1n) is 4.47. The number of hydrogen-bond donors (Lipinski definition) is 0. The van der Waals surface area contributed by atoms with Gasteiger partial charge in [0.15, 0.2) is 0 Å². The topological polar surface area (TPSA) is 0 Å². The van der Waals surface area contributed by atoms with E-state index in [4.69, 9.17) is 0 Å². The number of aryl methyl sites for hydroxylation is 2. The monoisotopic (exact) mass is 180 g/mol. The molecule has 0 saturated heterocycles. The molecule has 0 unspecified atom stereocenters. The fourth-order valence-corrected chi connectivity index (χ4v) is 2.00. The molecule has 1 aromatic rings. The van der Waals surface area contributed by atoms with Crippen LogP contribution in [-0.2, 0) is 12.8 Å². The van der Waals surface area contributed by atoms with Gasteiger partial charge in [0.05, 0.1) is 0 Å². The van der Waals surface area contributed by atoms with E-state index in [9.17, 15) is 0 Å². The van der Waals surface area contributed by atoms with Gasteiger partial charge in [-0.15, -0.1) is 11.8 Å². The highest BCUT2D eigenvalue weighted by Crippen LogP contribution is 2.22. The van der Waals surface area contributed by atoms with Gasteiger partial charge < -0.3 is 0 Å². The van der Waals surface area contributed by atoms with Crippen molar-refractivity contribution in [3.8, 4) is 0 Å². The second-order valence-electron chi connectivity index (χ2n) is 2.85. The van der Waals surface area contributed by atoms with Gasteiger partial charge in [-0.1, -0.05) is 26.0 Å². The van der Waals surface area contributed by atoms with Crippen molar-refractivity contribution in [2.45, 2.75) is 31.6 Å². The van der Waals surface area contributed by atoms with Crippen LogP contribution in [0.1, 0.15) is 25.0 Å². The molecule has 0 nitrogen and oxygen atoms in total. The van der Waals surface area contributed by atoms with Gasteiger partial charge in [-0.05, 0) is 36.3 Å². The Morgan fingerprint density at radius 2 is 1.92 bits per heavy atom. The van der Waals surface area contributed by atoms with Crippen LogP contribution in [0, 0.1) is 0 Å². The van der Waals surface area contributed by atoms with Crippen LogP contribution in [0.5, 0.6) is 0 Å². The van der Waals surface area contributed by atoms with E-state index in [1.807, 2.05) is 11.8 Å². The maximum atomic E-state index is 2.33. The Hall–Kier alpha value is -0.430. The highest BCUT2D eigenvalue weighted by molar-refractivity contribution is 7.98. The third-order valence-electron chi connectivity index (χ3n) is 2.13. The minimum Gasteiger partial charge on any atom is -0.129 e. The van der Waals surface area contributed by atoms with Crippen LogP contribution in [0.25, 0.3) is 0 Å². The largest absolute Gasteiger partial charge is 0.129 e. The number of thioether (sulfide) groups is 1. The van der Waals surface area contributed by atoms with Gasteiger partial charge in [0, 0.05) is 4.90 Å². The van der Waals surface area contributed by atoms with E-state index >= 15 is 0 Å². The molecule has 0 saturated carbocycles. The third kappa shape index (κ3) is 2.04. The maximum absolute atomic E-state index is 2.33. The van der Waals surface area contributed by atoms with E-state index in [0.717, 1.165) is 12.8 Å². The molecule has 0 aliphatic carbocycles. The predicted molar refractivity (Wildman–Crippen MR) is 57.0 cm³/mol. The van der Waals surface area contributed by atoms with Crippen LogP contribution in [0.4, 0.5) is 0 Å². The van der Waals surface area contributed by atoms with Gasteiger partial charge in [-0.2, -0.15) is 0 Å². The molecule has 0 amide bonds. The third-order valence-corrected chi connectivity index (χ3v) is 2.97. The summed E-state index contributed by atoms with van der Waals surface area (Å²) in [5.74, 6) is 0. The Labute approximate surface area is 79.4 Å². The first kappa shape index (κ1) is 9.66. The number of benzene rings is 1. The summed E-state index contributed by atoms with van der Waals surface area (Å²) >= 11 is 1.84. The predicted octanol–water partition coefficient (Wildman–Crippen LogP) is 3.53. The Morgan fingerprint density at radius 1 is 1.17 bits per heavy atom. The molecule has 0 N–H and O–H groups in total. The van der Waals surface area contributed by atoms with Crippen molar-refractivity contribution in [2.75, 3.05) is 6.26 Å². The lowest BCUT2D eigenvalue weighted by Crippen LogP contribution is -1.88. The quantitative estimate of drug-likeness (QED) is 0.641. The van der Waals surface area contributed by atoms with Crippen molar-refractivity contribution in [1.29, 1.82) is 0 Å². The lowest BCUT2D eigenvalue weighted by Gasteiger charge is -2.06. The summed E-state index contributed by atoms with van der Waals surface area (Å²) in [5, 5.41) is 0. The van der Waals surface area contributed by atoms with Crippen LogP contribution in [0.2, 0.25) is 0 Å². The minimum absolute atomic E-state index is 1.14. The average molecular weight is 180 g/mol. The Morgan fingerprint density at radius 3 is 2.42 bits per heavy atom.